The second kappa shape index (κ2) is 4.97. The summed E-state index contributed by atoms with van der Waals surface area (Å²) in [7, 11) is 0. The van der Waals surface area contributed by atoms with E-state index in [1.165, 1.54) is 17.7 Å². The third-order valence-electron chi connectivity index (χ3n) is 2.92. The van der Waals surface area contributed by atoms with E-state index in [2.05, 4.69) is 18.3 Å². The molecule has 1 atom stereocenters. The number of nitrogens with one attached hydrogen (secondary N) is 1. The van der Waals surface area contributed by atoms with Gasteiger partial charge in [-0.25, -0.2) is 0 Å². The number of carbonyl (C=O) groups excluding carboxylic acids is 1. The van der Waals surface area contributed by atoms with Gasteiger partial charge in [0, 0.05) is 22.3 Å². The first kappa shape index (κ1) is 11.6. The fourth-order valence-corrected chi connectivity index (χ4v) is 2.75. The number of hydrogen-bond acceptors (Lipinski definition) is 3. The van der Waals surface area contributed by atoms with Crippen molar-refractivity contribution in [3.05, 3.63) is 21.9 Å². The van der Waals surface area contributed by atoms with Crippen LogP contribution in [0.1, 0.15) is 22.6 Å². The molecule has 2 rings (SSSR count). The molecule has 1 amide bonds. The number of carbonyl (C=O) groups is 1. The molecule has 0 radical (unpaired) electrons. The van der Waals surface area contributed by atoms with Crippen molar-refractivity contribution in [3.8, 4) is 0 Å². The van der Waals surface area contributed by atoms with Gasteiger partial charge in [-0.3, -0.25) is 4.79 Å². The zero-order valence-corrected chi connectivity index (χ0v) is 10.3. The Kier molecular flexibility index (Phi) is 3.61. The van der Waals surface area contributed by atoms with Crippen molar-refractivity contribution in [2.75, 3.05) is 6.54 Å². The van der Waals surface area contributed by atoms with Crippen LogP contribution in [-0.4, -0.2) is 18.5 Å². The smallest absolute Gasteiger partial charge is 0.225 e. The normalized spacial score (nSPS) is 17.1. The molecule has 1 heterocycles. The highest BCUT2D eigenvalue weighted by molar-refractivity contribution is 7.12. The molecule has 0 bridgehead atoms. The summed E-state index contributed by atoms with van der Waals surface area (Å²) in [5.74, 6) is 0.725. The summed E-state index contributed by atoms with van der Waals surface area (Å²) in [4.78, 5) is 14.1. The maximum absolute atomic E-state index is 11.8. The topological polar surface area (TPSA) is 55.1 Å². The highest BCUT2D eigenvalue weighted by Gasteiger charge is 2.31. The van der Waals surface area contributed by atoms with Crippen molar-refractivity contribution in [2.24, 2.45) is 11.7 Å². The van der Waals surface area contributed by atoms with Crippen LogP contribution in [0.4, 0.5) is 0 Å². The second-order valence-corrected chi connectivity index (χ2v) is 5.81. The summed E-state index contributed by atoms with van der Waals surface area (Å²) < 4.78 is 0. The number of rotatable bonds is 5. The molecule has 1 aliphatic carbocycles. The summed E-state index contributed by atoms with van der Waals surface area (Å²) in [6.07, 6.45) is 2.91. The van der Waals surface area contributed by atoms with Crippen LogP contribution < -0.4 is 11.1 Å². The first-order chi connectivity index (χ1) is 7.69. The Morgan fingerprint density at radius 1 is 1.62 bits per heavy atom. The van der Waals surface area contributed by atoms with Crippen LogP contribution in [0.5, 0.6) is 0 Å². The van der Waals surface area contributed by atoms with E-state index in [0.29, 0.717) is 18.9 Å². The molecule has 3 N–H and O–H groups in total. The monoisotopic (exact) mass is 238 g/mol. The van der Waals surface area contributed by atoms with Gasteiger partial charge in [0.25, 0.3) is 0 Å². The Hall–Kier alpha value is -0.870. The van der Waals surface area contributed by atoms with E-state index in [9.17, 15) is 4.79 Å². The minimum Gasteiger partial charge on any atom is -0.352 e. The third-order valence-corrected chi connectivity index (χ3v) is 3.92. The molecule has 0 aliphatic heterocycles. The Morgan fingerprint density at radius 3 is 2.88 bits per heavy atom. The molecule has 0 aromatic carbocycles. The van der Waals surface area contributed by atoms with Crippen LogP contribution >= 0.6 is 11.3 Å². The molecule has 1 aromatic heterocycles. The highest BCUT2D eigenvalue weighted by atomic mass is 32.1. The predicted molar refractivity (Wildman–Crippen MR) is 66.5 cm³/mol. The van der Waals surface area contributed by atoms with Gasteiger partial charge < -0.3 is 11.1 Å². The average molecular weight is 238 g/mol. The van der Waals surface area contributed by atoms with Gasteiger partial charge in [0.15, 0.2) is 0 Å². The number of aryl methyl sites for hydroxylation is 1. The summed E-state index contributed by atoms with van der Waals surface area (Å²) in [5, 5.41) is 3.03. The average Bonchev–Trinajstić information content (AvgIpc) is 3.00. The van der Waals surface area contributed by atoms with E-state index in [4.69, 9.17) is 5.73 Å². The summed E-state index contributed by atoms with van der Waals surface area (Å²) >= 11 is 1.68. The van der Waals surface area contributed by atoms with Crippen molar-refractivity contribution in [3.63, 3.8) is 0 Å². The number of nitrogens with two attached hydrogens (primary N) is 1. The lowest BCUT2D eigenvalue weighted by atomic mass is 10.2. The van der Waals surface area contributed by atoms with Crippen molar-refractivity contribution in [1.29, 1.82) is 0 Å². The van der Waals surface area contributed by atoms with Crippen molar-refractivity contribution >= 4 is 17.2 Å². The van der Waals surface area contributed by atoms with E-state index in [1.807, 2.05) is 6.07 Å². The molecule has 1 aromatic rings. The summed E-state index contributed by atoms with van der Waals surface area (Å²) in [5.41, 5.74) is 5.65. The van der Waals surface area contributed by atoms with Crippen LogP contribution in [0.25, 0.3) is 0 Å². The third kappa shape index (κ3) is 3.06. The van der Waals surface area contributed by atoms with E-state index >= 15 is 0 Å². The molecular weight excluding hydrogens is 220 g/mol. The molecule has 88 valence electrons. The minimum atomic E-state index is 0.101. The highest BCUT2D eigenvalue weighted by Crippen LogP contribution is 2.32. The maximum atomic E-state index is 11.8. The van der Waals surface area contributed by atoms with E-state index in [-0.39, 0.29) is 11.9 Å². The number of amides is 1. The Labute approximate surface area is 100 Å². The Balaban J connectivity index is 1.83. The molecule has 16 heavy (non-hydrogen) atoms. The zero-order valence-electron chi connectivity index (χ0n) is 9.53. The van der Waals surface area contributed by atoms with Crippen LogP contribution in [0.15, 0.2) is 12.1 Å². The molecule has 3 nitrogen and oxygen atoms in total. The van der Waals surface area contributed by atoms with Crippen molar-refractivity contribution < 1.29 is 4.79 Å². The molecule has 4 heteroatoms. The largest absolute Gasteiger partial charge is 0.352 e. The van der Waals surface area contributed by atoms with E-state index < -0.39 is 0 Å². The fourth-order valence-electron chi connectivity index (χ4n) is 1.86. The molecule has 0 saturated heterocycles. The quantitative estimate of drug-likeness (QED) is 0.816. The van der Waals surface area contributed by atoms with Gasteiger partial charge in [0.2, 0.25) is 5.91 Å². The van der Waals surface area contributed by atoms with Crippen LogP contribution in [0.2, 0.25) is 0 Å². The number of thiophene rings is 1. The van der Waals surface area contributed by atoms with Gasteiger partial charge in [-0.2, -0.15) is 0 Å². The summed E-state index contributed by atoms with van der Waals surface area (Å²) in [6, 6.07) is 4.26. The lowest BCUT2D eigenvalue weighted by Crippen LogP contribution is -2.42. The molecule has 1 saturated carbocycles. The maximum Gasteiger partial charge on any atom is 0.225 e. The van der Waals surface area contributed by atoms with Gasteiger partial charge in [0.05, 0.1) is 6.42 Å². The Morgan fingerprint density at radius 2 is 2.38 bits per heavy atom. The molecule has 1 fully saturated rings. The van der Waals surface area contributed by atoms with Gasteiger partial charge in [0.1, 0.15) is 0 Å². The minimum absolute atomic E-state index is 0.101. The van der Waals surface area contributed by atoms with Gasteiger partial charge in [-0.15, -0.1) is 11.3 Å². The first-order valence-corrected chi connectivity index (χ1v) is 6.55. The van der Waals surface area contributed by atoms with Gasteiger partial charge >= 0.3 is 0 Å². The van der Waals surface area contributed by atoms with E-state index in [0.717, 1.165) is 4.88 Å². The predicted octanol–water partition coefficient (Wildman–Crippen LogP) is 1.45. The first-order valence-electron chi connectivity index (χ1n) is 5.74. The fraction of sp³-hybridized carbons (Fsp3) is 0.583. The van der Waals surface area contributed by atoms with Crippen LogP contribution in [0.3, 0.4) is 0 Å². The van der Waals surface area contributed by atoms with Crippen LogP contribution in [-0.2, 0) is 11.2 Å². The molecular formula is C12H18N2OS. The zero-order chi connectivity index (χ0) is 11.5. The molecule has 1 unspecified atom stereocenters. The summed E-state index contributed by atoms with van der Waals surface area (Å²) in [6.45, 7) is 2.61. The standard InChI is InChI=1S/C12H18N2OS/c1-8-2-5-10(16-8)6-12(15)14-11(7-13)9-3-4-9/h2,5,9,11H,3-4,6-7,13H2,1H3,(H,14,15). The van der Waals surface area contributed by atoms with Crippen LogP contribution in [0, 0.1) is 12.8 Å². The lowest BCUT2D eigenvalue weighted by Gasteiger charge is -2.15. The lowest BCUT2D eigenvalue weighted by molar-refractivity contribution is -0.121. The van der Waals surface area contributed by atoms with Gasteiger partial charge in [-0.1, -0.05) is 0 Å². The molecule has 1 aliphatic rings. The SMILES string of the molecule is Cc1ccc(CC(=O)NC(CN)C2CC2)s1. The Bertz CT molecular complexity index is 371. The van der Waals surface area contributed by atoms with Gasteiger partial charge in [-0.05, 0) is 37.8 Å². The van der Waals surface area contributed by atoms with E-state index in [1.54, 1.807) is 11.3 Å². The van der Waals surface area contributed by atoms with Crippen molar-refractivity contribution in [1.82, 2.24) is 5.32 Å². The number of hydrogen-bond donors (Lipinski definition) is 2. The molecule has 0 spiro atoms. The second-order valence-electron chi connectivity index (χ2n) is 4.44. The van der Waals surface area contributed by atoms with Crippen molar-refractivity contribution in [2.45, 2.75) is 32.2 Å².